The van der Waals surface area contributed by atoms with E-state index in [1.54, 1.807) is 7.11 Å². The standard InChI is InChI=1S/C21H27N3O3/c1-26-19-10-5-11-20(15-19)27-14-12-22-21(25)23-17-7-6-13-24(16-17)18-8-3-2-4-9-18/h2-5,8-11,15,17H,6-7,12-14,16H2,1H3,(H2,22,23,25). The van der Waals surface area contributed by atoms with Crippen LogP contribution >= 0.6 is 0 Å². The topological polar surface area (TPSA) is 62.8 Å². The highest BCUT2D eigenvalue weighted by molar-refractivity contribution is 5.74. The zero-order valence-corrected chi connectivity index (χ0v) is 15.7. The number of anilines is 1. The number of ether oxygens (including phenoxy) is 2. The summed E-state index contributed by atoms with van der Waals surface area (Å²) in [6, 6.07) is 17.7. The average Bonchev–Trinajstić information content (AvgIpc) is 2.72. The molecule has 1 atom stereocenters. The van der Waals surface area contributed by atoms with Crippen LogP contribution < -0.4 is 25.0 Å². The van der Waals surface area contributed by atoms with Gasteiger partial charge in [0, 0.05) is 30.9 Å². The van der Waals surface area contributed by atoms with Crippen LogP contribution in [0.25, 0.3) is 0 Å². The molecule has 0 radical (unpaired) electrons. The number of rotatable bonds is 7. The van der Waals surface area contributed by atoms with Gasteiger partial charge in [0.1, 0.15) is 18.1 Å². The van der Waals surface area contributed by atoms with Crippen LogP contribution in [0.4, 0.5) is 10.5 Å². The second-order valence-corrected chi connectivity index (χ2v) is 6.55. The molecular weight excluding hydrogens is 342 g/mol. The molecule has 0 spiro atoms. The SMILES string of the molecule is COc1cccc(OCCNC(=O)NC2CCCN(c3ccccc3)C2)c1. The zero-order valence-electron chi connectivity index (χ0n) is 15.7. The van der Waals surface area contributed by atoms with E-state index in [-0.39, 0.29) is 12.1 Å². The van der Waals surface area contributed by atoms with Gasteiger partial charge in [-0.25, -0.2) is 4.79 Å². The van der Waals surface area contributed by atoms with Crippen molar-refractivity contribution < 1.29 is 14.3 Å². The average molecular weight is 369 g/mol. The number of methoxy groups -OCH3 is 1. The molecule has 1 saturated heterocycles. The van der Waals surface area contributed by atoms with Gasteiger partial charge in [-0.1, -0.05) is 24.3 Å². The Morgan fingerprint density at radius 2 is 1.96 bits per heavy atom. The first-order valence-electron chi connectivity index (χ1n) is 9.36. The quantitative estimate of drug-likeness (QED) is 0.737. The largest absolute Gasteiger partial charge is 0.497 e. The van der Waals surface area contributed by atoms with E-state index in [9.17, 15) is 4.79 Å². The van der Waals surface area contributed by atoms with E-state index in [1.807, 2.05) is 42.5 Å². The summed E-state index contributed by atoms with van der Waals surface area (Å²) in [5.41, 5.74) is 1.20. The fraction of sp³-hybridized carbons (Fsp3) is 0.381. The molecule has 1 unspecified atom stereocenters. The summed E-state index contributed by atoms with van der Waals surface area (Å²) >= 11 is 0. The number of para-hydroxylation sites is 1. The number of piperidine rings is 1. The summed E-state index contributed by atoms with van der Waals surface area (Å²) in [5, 5.41) is 5.93. The van der Waals surface area contributed by atoms with Gasteiger partial charge in [-0.05, 0) is 37.1 Å². The lowest BCUT2D eigenvalue weighted by molar-refractivity contribution is 0.231. The van der Waals surface area contributed by atoms with E-state index < -0.39 is 0 Å². The first-order chi connectivity index (χ1) is 13.2. The molecule has 0 aromatic heterocycles. The van der Waals surface area contributed by atoms with Crippen molar-refractivity contribution in [3.05, 3.63) is 54.6 Å². The van der Waals surface area contributed by atoms with Crippen LogP contribution in [0.2, 0.25) is 0 Å². The predicted octanol–water partition coefficient (Wildman–Crippen LogP) is 3.04. The van der Waals surface area contributed by atoms with Gasteiger partial charge in [0.05, 0.1) is 13.7 Å². The minimum absolute atomic E-state index is 0.149. The highest BCUT2D eigenvalue weighted by Crippen LogP contribution is 2.20. The van der Waals surface area contributed by atoms with Gasteiger partial charge in [-0.3, -0.25) is 0 Å². The Balaban J connectivity index is 1.37. The summed E-state index contributed by atoms with van der Waals surface area (Å²) in [4.78, 5) is 14.5. The van der Waals surface area contributed by atoms with E-state index in [1.165, 1.54) is 5.69 Å². The third-order valence-corrected chi connectivity index (χ3v) is 4.58. The molecule has 0 bridgehead atoms. The normalized spacial score (nSPS) is 16.5. The Kier molecular flexibility index (Phi) is 6.79. The maximum Gasteiger partial charge on any atom is 0.315 e. The van der Waals surface area contributed by atoms with Gasteiger partial charge >= 0.3 is 6.03 Å². The molecule has 6 nitrogen and oxygen atoms in total. The van der Waals surface area contributed by atoms with Crippen LogP contribution in [-0.2, 0) is 0 Å². The van der Waals surface area contributed by atoms with Gasteiger partial charge in [0.2, 0.25) is 0 Å². The molecule has 27 heavy (non-hydrogen) atoms. The van der Waals surface area contributed by atoms with E-state index in [4.69, 9.17) is 9.47 Å². The summed E-state index contributed by atoms with van der Waals surface area (Å²) in [6.07, 6.45) is 2.07. The molecule has 1 aliphatic heterocycles. The second kappa shape index (κ2) is 9.71. The van der Waals surface area contributed by atoms with E-state index in [2.05, 4.69) is 27.7 Å². The Labute approximate surface area is 160 Å². The number of hydrogen-bond donors (Lipinski definition) is 2. The Bertz CT molecular complexity index is 724. The number of carbonyl (C=O) groups is 1. The molecule has 3 rings (SSSR count). The molecule has 2 aromatic carbocycles. The first-order valence-corrected chi connectivity index (χ1v) is 9.36. The number of benzene rings is 2. The number of nitrogens with one attached hydrogen (secondary N) is 2. The number of nitrogens with zero attached hydrogens (tertiary/aromatic N) is 1. The number of amides is 2. The maximum atomic E-state index is 12.1. The number of urea groups is 1. The fourth-order valence-electron chi connectivity index (χ4n) is 3.23. The summed E-state index contributed by atoms with van der Waals surface area (Å²) < 4.78 is 10.8. The Morgan fingerprint density at radius 1 is 1.15 bits per heavy atom. The fourth-order valence-corrected chi connectivity index (χ4v) is 3.23. The molecular formula is C21H27N3O3. The van der Waals surface area contributed by atoms with E-state index in [0.717, 1.165) is 37.4 Å². The molecule has 2 aromatic rings. The smallest absolute Gasteiger partial charge is 0.315 e. The maximum absolute atomic E-state index is 12.1. The second-order valence-electron chi connectivity index (χ2n) is 6.55. The molecule has 2 N–H and O–H groups in total. The van der Waals surface area contributed by atoms with Crippen molar-refractivity contribution in [1.29, 1.82) is 0 Å². The van der Waals surface area contributed by atoms with E-state index >= 15 is 0 Å². The molecule has 0 aliphatic carbocycles. The van der Waals surface area contributed by atoms with Crippen molar-refractivity contribution in [2.24, 2.45) is 0 Å². The van der Waals surface area contributed by atoms with Gasteiger partial charge < -0.3 is 25.0 Å². The summed E-state index contributed by atoms with van der Waals surface area (Å²) in [5.74, 6) is 1.47. The molecule has 1 aliphatic rings. The molecule has 144 valence electrons. The third-order valence-electron chi connectivity index (χ3n) is 4.58. The molecule has 1 fully saturated rings. The number of hydrogen-bond acceptors (Lipinski definition) is 4. The first kappa shape index (κ1) is 18.9. The van der Waals surface area contributed by atoms with Crippen LogP contribution in [0.15, 0.2) is 54.6 Å². The monoisotopic (exact) mass is 369 g/mol. The van der Waals surface area contributed by atoms with Gasteiger partial charge in [-0.15, -0.1) is 0 Å². The Morgan fingerprint density at radius 3 is 2.78 bits per heavy atom. The number of carbonyl (C=O) groups excluding carboxylic acids is 1. The van der Waals surface area contributed by atoms with Crippen LogP contribution in [0.3, 0.4) is 0 Å². The van der Waals surface area contributed by atoms with Gasteiger partial charge in [-0.2, -0.15) is 0 Å². The Hall–Kier alpha value is -2.89. The van der Waals surface area contributed by atoms with Crippen molar-refractivity contribution in [1.82, 2.24) is 10.6 Å². The van der Waals surface area contributed by atoms with Gasteiger partial charge in [0.25, 0.3) is 0 Å². The lowest BCUT2D eigenvalue weighted by atomic mass is 10.1. The molecule has 6 heteroatoms. The van der Waals surface area contributed by atoms with Crippen molar-refractivity contribution in [3.63, 3.8) is 0 Å². The van der Waals surface area contributed by atoms with E-state index in [0.29, 0.717) is 13.2 Å². The van der Waals surface area contributed by atoms with Gasteiger partial charge in [0.15, 0.2) is 0 Å². The highest BCUT2D eigenvalue weighted by atomic mass is 16.5. The zero-order chi connectivity index (χ0) is 18.9. The lowest BCUT2D eigenvalue weighted by Gasteiger charge is -2.34. The lowest BCUT2D eigenvalue weighted by Crippen LogP contribution is -2.51. The summed E-state index contributed by atoms with van der Waals surface area (Å²) in [7, 11) is 1.62. The van der Waals surface area contributed by atoms with Crippen LogP contribution in [0, 0.1) is 0 Å². The molecule has 0 saturated carbocycles. The minimum atomic E-state index is -0.149. The molecule has 2 amide bonds. The molecule has 1 heterocycles. The van der Waals surface area contributed by atoms with Crippen LogP contribution in [0.5, 0.6) is 11.5 Å². The highest BCUT2D eigenvalue weighted by Gasteiger charge is 2.21. The van der Waals surface area contributed by atoms with Crippen molar-refractivity contribution in [3.8, 4) is 11.5 Å². The van der Waals surface area contributed by atoms with Crippen molar-refractivity contribution >= 4 is 11.7 Å². The third kappa shape index (κ3) is 5.81. The summed E-state index contributed by atoms with van der Waals surface area (Å²) in [6.45, 7) is 2.70. The van der Waals surface area contributed by atoms with Crippen LogP contribution in [0.1, 0.15) is 12.8 Å². The van der Waals surface area contributed by atoms with Crippen molar-refractivity contribution in [2.45, 2.75) is 18.9 Å². The predicted molar refractivity (Wildman–Crippen MR) is 107 cm³/mol. The van der Waals surface area contributed by atoms with Crippen LogP contribution in [-0.4, -0.2) is 45.4 Å². The van der Waals surface area contributed by atoms with Crippen molar-refractivity contribution in [2.75, 3.05) is 38.3 Å². The minimum Gasteiger partial charge on any atom is -0.497 e.